The third-order valence-electron chi connectivity index (χ3n) is 2.19. The van der Waals surface area contributed by atoms with Crippen molar-refractivity contribution >= 4 is 5.82 Å². The van der Waals surface area contributed by atoms with E-state index in [-0.39, 0.29) is 11.6 Å². The average Bonchev–Trinajstić information content (AvgIpc) is 2.38. The number of rotatable bonds is 2. The van der Waals surface area contributed by atoms with E-state index in [0.717, 1.165) is 6.07 Å². The molecule has 0 unspecified atom stereocenters. The summed E-state index contributed by atoms with van der Waals surface area (Å²) in [5.74, 6) is 0.0958. The number of pyridine rings is 1. The first-order chi connectivity index (χ1) is 8.50. The van der Waals surface area contributed by atoms with Crippen LogP contribution < -0.4 is 5.32 Å². The van der Waals surface area contributed by atoms with Crippen molar-refractivity contribution < 1.29 is 13.2 Å². The summed E-state index contributed by atoms with van der Waals surface area (Å²) in [6.45, 7) is 0. The molecule has 0 aliphatic carbocycles. The minimum absolute atomic E-state index is 0.0118. The minimum atomic E-state index is -4.51. The highest BCUT2D eigenvalue weighted by Gasteiger charge is 2.33. The fourth-order valence-electron chi connectivity index (χ4n) is 1.34. The lowest BCUT2D eigenvalue weighted by atomic mass is 10.2. The lowest BCUT2D eigenvalue weighted by Crippen LogP contribution is -2.11. The topological polar surface area (TPSA) is 50.7 Å². The molecule has 0 aliphatic rings. The zero-order chi connectivity index (χ0) is 13.2. The predicted molar refractivity (Wildman–Crippen MR) is 59.8 cm³/mol. The Bertz CT molecular complexity index is 540. The van der Waals surface area contributed by atoms with Gasteiger partial charge in [-0.3, -0.25) is 4.98 Å². The maximum Gasteiger partial charge on any atom is 0.433 e. The number of hydrogen-bond donors (Lipinski definition) is 1. The van der Waals surface area contributed by atoms with Crippen LogP contribution in [0.3, 0.4) is 0 Å². The second-order valence-electron chi connectivity index (χ2n) is 3.45. The highest BCUT2D eigenvalue weighted by Crippen LogP contribution is 2.30. The van der Waals surface area contributed by atoms with Crippen LogP contribution in [0.25, 0.3) is 11.4 Å². The Hall–Kier alpha value is -2.18. The van der Waals surface area contributed by atoms with E-state index in [9.17, 15) is 13.2 Å². The van der Waals surface area contributed by atoms with Crippen LogP contribution in [0.1, 0.15) is 5.69 Å². The van der Waals surface area contributed by atoms with E-state index in [1.807, 2.05) is 0 Å². The van der Waals surface area contributed by atoms with Gasteiger partial charge < -0.3 is 5.32 Å². The molecule has 1 N–H and O–H groups in total. The molecule has 0 spiro atoms. The van der Waals surface area contributed by atoms with Crippen LogP contribution in [0.2, 0.25) is 0 Å². The van der Waals surface area contributed by atoms with Crippen molar-refractivity contribution in [3.63, 3.8) is 0 Å². The molecule has 0 bridgehead atoms. The molecule has 0 saturated carbocycles. The molecule has 0 atom stereocenters. The van der Waals surface area contributed by atoms with Crippen molar-refractivity contribution in [2.75, 3.05) is 12.4 Å². The maximum absolute atomic E-state index is 12.7. The van der Waals surface area contributed by atoms with Crippen molar-refractivity contribution in [2.45, 2.75) is 6.18 Å². The Morgan fingerprint density at radius 2 is 2.00 bits per heavy atom. The third kappa shape index (κ3) is 2.55. The smallest absolute Gasteiger partial charge is 0.373 e. The van der Waals surface area contributed by atoms with Gasteiger partial charge in [0.05, 0.1) is 0 Å². The van der Waals surface area contributed by atoms with Gasteiger partial charge in [-0.25, -0.2) is 9.97 Å². The zero-order valence-electron chi connectivity index (χ0n) is 9.36. The molecule has 2 aromatic heterocycles. The van der Waals surface area contributed by atoms with Gasteiger partial charge in [0.2, 0.25) is 0 Å². The van der Waals surface area contributed by atoms with Gasteiger partial charge in [0.25, 0.3) is 0 Å². The number of nitrogens with zero attached hydrogens (tertiary/aromatic N) is 3. The van der Waals surface area contributed by atoms with E-state index < -0.39 is 11.9 Å². The Morgan fingerprint density at radius 3 is 2.56 bits per heavy atom. The first-order valence-corrected chi connectivity index (χ1v) is 5.05. The average molecular weight is 254 g/mol. The van der Waals surface area contributed by atoms with Gasteiger partial charge in [0, 0.05) is 31.1 Å². The van der Waals surface area contributed by atoms with Crippen LogP contribution in [0.5, 0.6) is 0 Å². The first kappa shape index (κ1) is 12.3. The maximum atomic E-state index is 12.7. The van der Waals surface area contributed by atoms with Crippen molar-refractivity contribution in [1.29, 1.82) is 0 Å². The van der Waals surface area contributed by atoms with Gasteiger partial charge in [-0.1, -0.05) is 0 Å². The quantitative estimate of drug-likeness (QED) is 0.895. The molecule has 0 amide bonds. The second-order valence-corrected chi connectivity index (χ2v) is 3.45. The molecule has 2 aromatic rings. The van der Waals surface area contributed by atoms with Crippen molar-refractivity contribution in [1.82, 2.24) is 15.0 Å². The highest BCUT2D eigenvalue weighted by atomic mass is 19.4. The van der Waals surface area contributed by atoms with Crippen molar-refractivity contribution in [3.05, 3.63) is 36.3 Å². The third-order valence-corrected chi connectivity index (χ3v) is 2.19. The Morgan fingerprint density at radius 1 is 1.22 bits per heavy atom. The summed E-state index contributed by atoms with van der Waals surface area (Å²) in [4.78, 5) is 11.3. The van der Waals surface area contributed by atoms with Crippen LogP contribution in [0.15, 0.2) is 30.6 Å². The molecule has 0 aliphatic heterocycles. The molecule has 0 aromatic carbocycles. The highest BCUT2D eigenvalue weighted by molar-refractivity contribution is 5.56. The van der Waals surface area contributed by atoms with Crippen LogP contribution in [0, 0.1) is 0 Å². The number of alkyl halides is 3. The van der Waals surface area contributed by atoms with Crippen molar-refractivity contribution in [2.24, 2.45) is 0 Å². The standard InChI is InChI=1S/C11H9F3N4/c1-15-9-5-8(11(12,13)14)17-10(18-9)7-3-2-4-16-6-7/h2-6H,1H3,(H,15,17,18). The van der Waals surface area contributed by atoms with Gasteiger partial charge >= 0.3 is 6.18 Å². The van der Waals surface area contributed by atoms with E-state index in [0.29, 0.717) is 5.56 Å². The van der Waals surface area contributed by atoms with Crippen LogP contribution in [-0.4, -0.2) is 22.0 Å². The van der Waals surface area contributed by atoms with E-state index in [1.54, 1.807) is 12.1 Å². The summed E-state index contributed by atoms with van der Waals surface area (Å²) in [5, 5.41) is 2.58. The molecule has 4 nitrogen and oxygen atoms in total. The summed E-state index contributed by atoms with van der Waals surface area (Å²) >= 11 is 0. The van der Waals surface area contributed by atoms with Crippen LogP contribution in [-0.2, 0) is 6.18 Å². The predicted octanol–water partition coefficient (Wildman–Crippen LogP) is 2.60. The summed E-state index contributed by atoms with van der Waals surface area (Å²) in [6, 6.07) is 4.07. The summed E-state index contributed by atoms with van der Waals surface area (Å²) < 4.78 is 38.0. The number of anilines is 1. The lowest BCUT2D eigenvalue weighted by Gasteiger charge is -2.09. The summed E-state index contributed by atoms with van der Waals surface area (Å²) in [7, 11) is 1.50. The normalized spacial score (nSPS) is 11.3. The summed E-state index contributed by atoms with van der Waals surface area (Å²) in [6.07, 6.45) is -1.57. The Balaban J connectivity index is 2.55. The fraction of sp³-hybridized carbons (Fsp3) is 0.182. The van der Waals surface area contributed by atoms with Gasteiger partial charge in [0.15, 0.2) is 11.5 Å². The second kappa shape index (κ2) is 4.59. The van der Waals surface area contributed by atoms with Crippen molar-refractivity contribution in [3.8, 4) is 11.4 Å². The molecule has 18 heavy (non-hydrogen) atoms. The van der Waals surface area contributed by atoms with E-state index in [4.69, 9.17) is 0 Å². The van der Waals surface area contributed by atoms with E-state index >= 15 is 0 Å². The zero-order valence-corrected chi connectivity index (χ0v) is 9.36. The van der Waals surface area contributed by atoms with Gasteiger partial charge in [-0.05, 0) is 12.1 Å². The molecule has 2 heterocycles. The number of nitrogens with one attached hydrogen (secondary N) is 1. The molecular weight excluding hydrogens is 245 g/mol. The Labute approximate surface area is 101 Å². The van der Waals surface area contributed by atoms with E-state index in [2.05, 4.69) is 20.3 Å². The van der Waals surface area contributed by atoms with Gasteiger partial charge in [0.1, 0.15) is 5.82 Å². The molecule has 2 rings (SSSR count). The van der Waals surface area contributed by atoms with Crippen LogP contribution >= 0.6 is 0 Å². The molecule has 0 radical (unpaired) electrons. The van der Waals surface area contributed by atoms with Gasteiger partial charge in [-0.15, -0.1) is 0 Å². The SMILES string of the molecule is CNc1cc(C(F)(F)F)nc(-c2cccnc2)n1. The van der Waals surface area contributed by atoms with Crippen LogP contribution in [0.4, 0.5) is 19.0 Å². The summed E-state index contributed by atoms with van der Waals surface area (Å²) in [5.41, 5.74) is -0.555. The molecule has 7 heteroatoms. The minimum Gasteiger partial charge on any atom is -0.373 e. The molecule has 0 fully saturated rings. The first-order valence-electron chi connectivity index (χ1n) is 5.05. The van der Waals surface area contributed by atoms with Gasteiger partial charge in [-0.2, -0.15) is 13.2 Å². The monoisotopic (exact) mass is 254 g/mol. The molecular formula is C11H9F3N4. The number of aromatic nitrogens is 3. The largest absolute Gasteiger partial charge is 0.433 e. The number of hydrogen-bond acceptors (Lipinski definition) is 4. The Kier molecular flexibility index (Phi) is 3.14. The van der Waals surface area contributed by atoms with E-state index in [1.165, 1.54) is 19.4 Å². The lowest BCUT2D eigenvalue weighted by molar-refractivity contribution is -0.141. The molecule has 94 valence electrons. The fourth-order valence-corrected chi connectivity index (χ4v) is 1.34. The number of halogens is 3. The molecule has 0 saturated heterocycles.